The number of aryl methyl sites for hydroxylation is 2. The summed E-state index contributed by atoms with van der Waals surface area (Å²) < 4.78 is 5.13. The number of ketones is 1. The number of hydrogen-bond donors (Lipinski definition) is 0. The second kappa shape index (κ2) is 5.34. The van der Waals surface area contributed by atoms with Crippen LogP contribution in [0.15, 0.2) is 22.7 Å². The van der Waals surface area contributed by atoms with Gasteiger partial charge in [-0.25, -0.2) is 0 Å². The first kappa shape index (κ1) is 13.5. The molecule has 4 heteroatoms. The highest BCUT2D eigenvalue weighted by molar-refractivity contribution is 5.81. The molecule has 4 nitrogen and oxygen atoms in total. The predicted molar refractivity (Wildman–Crippen MR) is 72.1 cm³/mol. The Balaban J connectivity index is 2.15. The number of aromatic nitrogens is 2. The van der Waals surface area contributed by atoms with Crippen LogP contribution in [0, 0.1) is 13.8 Å². The van der Waals surface area contributed by atoms with Crippen LogP contribution in [0.25, 0.3) is 0 Å². The Morgan fingerprint density at radius 2 is 2.05 bits per heavy atom. The highest BCUT2D eigenvalue weighted by Gasteiger charge is 2.18. The van der Waals surface area contributed by atoms with Crippen molar-refractivity contribution >= 4 is 5.78 Å². The van der Waals surface area contributed by atoms with E-state index in [-0.39, 0.29) is 11.7 Å². The summed E-state index contributed by atoms with van der Waals surface area (Å²) in [6.45, 7) is 7.46. The van der Waals surface area contributed by atoms with Crippen LogP contribution < -0.4 is 0 Å². The minimum Gasteiger partial charge on any atom is -0.339 e. The molecule has 19 heavy (non-hydrogen) atoms. The molecule has 0 spiro atoms. The maximum absolute atomic E-state index is 11.3. The molecule has 0 fully saturated rings. The third-order valence-corrected chi connectivity index (χ3v) is 3.40. The van der Waals surface area contributed by atoms with Gasteiger partial charge in [0.15, 0.2) is 5.82 Å². The van der Waals surface area contributed by atoms with Crippen LogP contribution >= 0.6 is 0 Å². The van der Waals surface area contributed by atoms with Crippen molar-refractivity contribution in [2.75, 3.05) is 0 Å². The monoisotopic (exact) mass is 258 g/mol. The van der Waals surface area contributed by atoms with Crippen molar-refractivity contribution < 1.29 is 9.32 Å². The van der Waals surface area contributed by atoms with Crippen molar-refractivity contribution in [2.24, 2.45) is 0 Å². The molecule has 0 N–H and O–H groups in total. The molecule has 1 heterocycles. The van der Waals surface area contributed by atoms with E-state index in [1.54, 1.807) is 6.92 Å². The number of rotatable bonds is 4. The molecular formula is C15H18N2O2. The average molecular weight is 258 g/mol. The first-order valence-corrected chi connectivity index (χ1v) is 6.36. The molecule has 0 radical (unpaired) electrons. The lowest BCUT2D eigenvalue weighted by molar-refractivity contribution is -0.118. The van der Waals surface area contributed by atoms with Gasteiger partial charge in [0.25, 0.3) is 0 Å². The van der Waals surface area contributed by atoms with Crippen LogP contribution in [-0.2, 0) is 11.2 Å². The molecule has 0 saturated carbocycles. The Bertz CT molecular complexity index is 602. The molecule has 1 aromatic heterocycles. The van der Waals surface area contributed by atoms with Gasteiger partial charge in [0.05, 0.1) is 5.92 Å². The van der Waals surface area contributed by atoms with E-state index in [1.165, 1.54) is 18.1 Å². The zero-order chi connectivity index (χ0) is 14.0. The minimum absolute atomic E-state index is 0.0291. The summed E-state index contributed by atoms with van der Waals surface area (Å²) in [7, 11) is 0. The lowest BCUT2D eigenvalue weighted by atomic mass is 10.0. The van der Waals surface area contributed by atoms with Gasteiger partial charge in [-0.15, -0.1) is 0 Å². The second-order valence-corrected chi connectivity index (χ2v) is 4.98. The third-order valence-electron chi connectivity index (χ3n) is 3.40. The van der Waals surface area contributed by atoms with Crippen LogP contribution in [0.2, 0.25) is 0 Å². The normalized spacial score (nSPS) is 12.4. The van der Waals surface area contributed by atoms with Crippen LogP contribution in [0.4, 0.5) is 0 Å². The van der Waals surface area contributed by atoms with Crippen molar-refractivity contribution in [3.05, 3.63) is 46.6 Å². The molecule has 0 amide bonds. The molecule has 100 valence electrons. The van der Waals surface area contributed by atoms with E-state index >= 15 is 0 Å². The molecule has 1 aromatic carbocycles. The SMILES string of the molecule is CC(=O)C(C)c1nc(Cc2ccc(C)c(C)c2)no1. The van der Waals surface area contributed by atoms with E-state index in [4.69, 9.17) is 4.52 Å². The topological polar surface area (TPSA) is 56.0 Å². The second-order valence-electron chi connectivity index (χ2n) is 4.98. The maximum Gasteiger partial charge on any atom is 0.236 e. The number of carbonyl (C=O) groups is 1. The van der Waals surface area contributed by atoms with Crippen molar-refractivity contribution in [1.82, 2.24) is 10.1 Å². The van der Waals surface area contributed by atoms with Gasteiger partial charge in [0.2, 0.25) is 5.89 Å². The number of hydrogen-bond acceptors (Lipinski definition) is 4. The Labute approximate surface area is 112 Å². The fourth-order valence-corrected chi connectivity index (χ4v) is 1.79. The molecule has 0 aliphatic rings. The Morgan fingerprint density at radius 1 is 1.32 bits per heavy atom. The lowest BCUT2D eigenvalue weighted by Gasteiger charge is -2.02. The number of nitrogens with zero attached hydrogens (tertiary/aromatic N) is 2. The minimum atomic E-state index is -0.332. The molecule has 0 bridgehead atoms. The Hall–Kier alpha value is -1.97. The van der Waals surface area contributed by atoms with Crippen LogP contribution in [0.5, 0.6) is 0 Å². The van der Waals surface area contributed by atoms with Crippen LogP contribution in [-0.4, -0.2) is 15.9 Å². The predicted octanol–water partition coefficient (Wildman–Crippen LogP) is 2.97. The van der Waals surface area contributed by atoms with E-state index in [0.717, 1.165) is 5.56 Å². The van der Waals surface area contributed by atoms with E-state index in [2.05, 4.69) is 42.2 Å². The van der Waals surface area contributed by atoms with Crippen LogP contribution in [0.1, 0.15) is 48.2 Å². The maximum atomic E-state index is 11.3. The molecule has 1 unspecified atom stereocenters. The first-order valence-electron chi connectivity index (χ1n) is 6.36. The molecule has 0 aliphatic carbocycles. The summed E-state index contributed by atoms with van der Waals surface area (Å²) >= 11 is 0. The molecule has 2 rings (SSSR count). The van der Waals surface area contributed by atoms with E-state index in [1.807, 2.05) is 0 Å². The quantitative estimate of drug-likeness (QED) is 0.846. The summed E-state index contributed by atoms with van der Waals surface area (Å²) in [4.78, 5) is 15.5. The van der Waals surface area contributed by atoms with Crippen molar-refractivity contribution in [2.45, 2.75) is 40.0 Å². The van der Waals surface area contributed by atoms with E-state index < -0.39 is 0 Å². The highest BCUT2D eigenvalue weighted by Crippen LogP contribution is 2.16. The summed E-state index contributed by atoms with van der Waals surface area (Å²) in [5, 5.41) is 3.93. The molecule has 1 atom stereocenters. The summed E-state index contributed by atoms with van der Waals surface area (Å²) in [5.41, 5.74) is 3.66. The molecule has 2 aromatic rings. The first-order chi connectivity index (χ1) is 8.97. The van der Waals surface area contributed by atoms with Gasteiger partial charge < -0.3 is 4.52 Å². The highest BCUT2D eigenvalue weighted by atomic mass is 16.5. The molecule has 0 aliphatic heterocycles. The van der Waals surface area contributed by atoms with E-state index in [9.17, 15) is 4.79 Å². The number of benzene rings is 1. The summed E-state index contributed by atoms with van der Waals surface area (Å²) in [6, 6.07) is 6.27. The fraction of sp³-hybridized carbons (Fsp3) is 0.400. The van der Waals surface area contributed by atoms with Crippen molar-refractivity contribution in [1.29, 1.82) is 0 Å². The third kappa shape index (κ3) is 3.08. The number of carbonyl (C=O) groups excluding carboxylic acids is 1. The molecule has 0 saturated heterocycles. The summed E-state index contributed by atoms with van der Waals surface area (Å²) in [6.07, 6.45) is 0.620. The van der Waals surface area contributed by atoms with Crippen molar-refractivity contribution in [3.63, 3.8) is 0 Å². The van der Waals surface area contributed by atoms with Gasteiger partial charge >= 0.3 is 0 Å². The van der Waals surface area contributed by atoms with Gasteiger partial charge in [0.1, 0.15) is 5.78 Å². The zero-order valence-electron chi connectivity index (χ0n) is 11.7. The lowest BCUT2D eigenvalue weighted by Crippen LogP contribution is -2.04. The van der Waals surface area contributed by atoms with Gasteiger partial charge in [-0.1, -0.05) is 23.4 Å². The van der Waals surface area contributed by atoms with Crippen molar-refractivity contribution in [3.8, 4) is 0 Å². The van der Waals surface area contributed by atoms with Gasteiger partial charge in [0, 0.05) is 6.42 Å². The van der Waals surface area contributed by atoms with E-state index in [0.29, 0.717) is 18.1 Å². The van der Waals surface area contributed by atoms with Gasteiger partial charge in [-0.2, -0.15) is 4.98 Å². The Kier molecular flexibility index (Phi) is 3.79. The molecular weight excluding hydrogens is 240 g/mol. The average Bonchev–Trinajstić information content (AvgIpc) is 2.81. The van der Waals surface area contributed by atoms with Gasteiger partial charge in [-0.3, -0.25) is 4.79 Å². The smallest absolute Gasteiger partial charge is 0.236 e. The standard InChI is InChI=1S/C15H18N2O2/c1-9-5-6-13(7-10(9)2)8-14-16-15(19-17-14)11(3)12(4)18/h5-7,11H,8H2,1-4H3. The van der Waals surface area contributed by atoms with Gasteiger partial charge in [-0.05, 0) is 44.4 Å². The summed E-state index contributed by atoms with van der Waals surface area (Å²) in [5.74, 6) is 0.708. The fourth-order valence-electron chi connectivity index (χ4n) is 1.79. The Morgan fingerprint density at radius 3 is 2.68 bits per heavy atom. The number of Topliss-reactive ketones (excluding diaryl/α,β-unsaturated/α-hetero) is 1. The largest absolute Gasteiger partial charge is 0.339 e. The van der Waals surface area contributed by atoms with Crippen LogP contribution in [0.3, 0.4) is 0 Å². The zero-order valence-corrected chi connectivity index (χ0v) is 11.7.